The summed E-state index contributed by atoms with van der Waals surface area (Å²) < 4.78 is 5.19. The van der Waals surface area contributed by atoms with E-state index in [1.54, 1.807) is 7.11 Å². The summed E-state index contributed by atoms with van der Waals surface area (Å²) in [7, 11) is 1.64. The van der Waals surface area contributed by atoms with E-state index in [1.165, 1.54) is 12.8 Å². The second-order valence-corrected chi connectivity index (χ2v) is 4.61. The van der Waals surface area contributed by atoms with Gasteiger partial charge in [-0.25, -0.2) is 4.98 Å². The summed E-state index contributed by atoms with van der Waals surface area (Å²) >= 11 is 0. The predicted molar refractivity (Wildman–Crippen MR) is 67.4 cm³/mol. The second kappa shape index (κ2) is 4.42. The van der Waals surface area contributed by atoms with Gasteiger partial charge < -0.3 is 10.5 Å². The van der Waals surface area contributed by atoms with E-state index in [4.69, 9.17) is 10.5 Å². The van der Waals surface area contributed by atoms with Crippen LogP contribution in [0.5, 0.6) is 5.75 Å². The topological polar surface area (TPSA) is 76.8 Å². The first kappa shape index (κ1) is 11.2. The highest BCUT2D eigenvalue weighted by atomic mass is 16.5. The SMILES string of the molecule is COc1cccc(C(N)c2n[nH]c(C3CC3)n2)c1. The van der Waals surface area contributed by atoms with Gasteiger partial charge in [0, 0.05) is 5.92 Å². The van der Waals surface area contributed by atoms with Crippen LogP contribution in [0, 0.1) is 0 Å². The lowest BCUT2D eigenvalue weighted by atomic mass is 10.1. The van der Waals surface area contributed by atoms with Crippen LogP contribution in [-0.2, 0) is 0 Å². The predicted octanol–water partition coefficient (Wildman–Crippen LogP) is 1.74. The van der Waals surface area contributed by atoms with Crippen molar-refractivity contribution >= 4 is 0 Å². The van der Waals surface area contributed by atoms with Gasteiger partial charge in [-0.2, -0.15) is 5.10 Å². The number of H-pyrrole nitrogens is 1. The van der Waals surface area contributed by atoms with Crippen molar-refractivity contribution in [3.05, 3.63) is 41.5 Å². The monoisotopic (exact) mass is 244 g/mol. The van der Waals surface area contributed by atoms with Gasteiger partial charge in [0.2, 0.25) is 0 Å². The lowest BCUT2D eigenvalue weighted by Crippen LogP contribution is -2.13. The van der Waals surface area contributed by atoms with E-state index in [0.29, 0.717) is 11.7 Å². The molecule has 1 atom stereocenters. The first-order valence-corrected chi connectivity index (χ1v) is 6.09. The number of hydrogen-bond acceptors (Lipinski definition) is 4. The molecule has 0 aliphatic heterocycles. The van der Waals surface area contributed by atoms with Crippen LogP contribution in [0.2, 0.25) is 0 Å². The summed E-state index contributed by atoms with van der Waals surface area (Å²) in [6.07, 6.45) is 2.39. The largest absolute Gasteiger partial charge is 0.497 e. The normalized spacial score (nSPS) is 16.6. The number of aromatic nitrogens is 3. The average molecular weight is 244 g/mol. The molecule has 18 heavy (non-hydrogen) atoms. The molecule has 1 saturated carbocycles. The zero-order valence-corrected chi connectivity index (χ0v) is 10.3. The molecule has 3 N–H and O–H groups in total. The number of nitrogens with zero attached hydrogens (tertiary/aromatic N) is 2. The molecule has 0 spiro atoms. The zero-order chi connectivity index (χ0) is 12.5. The Balaban J connectivity index is 1.84. The van der Waals surface area contributed by atoms with Gasteiger partial charge >= 0.3 is 0 Å². The van der Waals surface area contributed by atoms with Gasteiger partial charge in [-0.05, 0) is 30.5 Å². The van der Waals surface area contributed by atoms with Crippen LogP contribution in [0.1, 0.15) is 42.0 Å². The Morgan fingerprint density at radius 2 is 2.28 bits per heavy atom. The van der Waals surface area contributed by atoms with E-state index in [0.717, 1.165) is 17.1 Å². The van der Waals surface area contributed by atoms with E-state index in [1.807, 2.05) is 24.3 Å². The van der Waals surface area contributed by atoms with Crippen molar-refractivity contribution in [2.45, 2.75) is 24.8 Å². The lowest BCUT2D eigenvalue weighted by molar-refractivity contribution is 0.414. The minimum atomic E-state index is -0.316. The number of nitrogens with two attached hydrogens (primary N) is 1. The number of aromatic amines is 1. The fourth-order valence-corrected chi connectivity index (χ4v) is 1.95. The van der Waals surface area contributed by atoms with Crippen molar-refractivity contribution in [2.75, 3.05) is 7.11 Å². The molecule has 94 valence electrons. The fourth-order valence-electron chi connectivity index (χ4n) is 1.95. The Morgan fingerprint density at radius 1 is 1.44 bits per heavy atom. The van der Waals surface area contributed by atoms with Crippen molar-refractivity contribution in [1.29, 1.82) is 0 Å². The van der Waals surface area contributed by atoms with Crippen LogP contribution < -0.4 is 10.5 Å². The number of hydrogen-bond donors (Lipinski definition) is 2. The summed E-state index contributed by atoms with van der Waals surface area (Å²) in [6.45, 7) is 0. The highest BCUT2D eigenvalue weighted by Gasteiger charge is 2.28. The highest BCUT2D eigenvalue weighted by Crippen LogP contribution is 2.38. The van der Waals surface area contributed by atoms with Crippen LogP contribution in [0.4, 0.5) is 0 Å². The van der Waals surface area contributed by atoms with Gasteiger partial charge in [0.15, 0.2) is 5.82 Å². The summed E-state index contributed by atoms with van der Waals surface area (Å²) in [4.78, 5) is 4.47. The Morgan fingerprint density at radius 3 is 3.00 bits per heavy atom. The molecule has 5 nitrogen and oxygen atoms in total. The minimum Gasteiger partial charge on any atom is -0.497 e. The zero-order valence-electron chi connectivity index (χ0n) is 10.3. The number of methoxy groups -OCH3 is 1. The van der Waals surface area contributed by atoms with Crippen molar-refractivity contribution in [3.63, 3.8) is 0 Å². The van der Waals surface area contributed by atoms with Gasteiger partial charge in [0.25, 0.3) is 0 Å². The molecule has 1 heterocycles. The molecule has 1 aliphatic carbocycles. The first-order valence-electron chi connectivity index (χ1n) is 6.09. The molecule has 1 unspecified atom stereocenters. The Bertz CT molecular complexity index is 547. The van der Waals surface area contributed by atoms with E-state index >= 15 is 0 Å². The van der Waals surface area contributed by atoms with Crippen LogP contribution in [0.25, 0.3) is 0 Å². The number of ether oxygens (including phenoxy) is 1. The van der Waals surface area contributed by atoms with E-state index in [2.05, 4.69) is 15.2 Å². The quantitative estimate of drug-likeness (QED) is 0.858. The van der Waals surface area contributed by atoms with Gasteiger partial charge in [0.05, 0.1) is 13.2 Å². The number of rotatable bonds is 4. The molecule has 5 heteroatoms. The Kier molecular flexibility index (Phi) is 2.76. The molecule has 0 saturated heterocycles. The summed E-state index contributed by atoms with van der Waals surface area (Å²) in [6, 6.07) is 7.37. The molecule has 3 rings (SSSR count). The average Bonchev–Trinajstić information content (AvgIpc) is 3.16. The van der Waals surface area contributed by atoms with Gasteiger partial charge in [-0.1, -0.05) is 12.1 Å². The Hall–Kier alpha value is -1.88. The van der Waals surface area contributed by atoms with E-state index in [9.17, 15) is 0 Å². The molecule has 1 aromatic carbocycles. The smallest absolute Gasteiger partial charge is 0.171 e. The van der Waals surface area contributed by atoms with Crippen molar-refractivity contribution in [1.82, 2.24) is 15.2 Å². The molecule has 0 bridgehead atoms. The summed E-state index contributed by atoms with van der Waals surface area (Å²) in [5.74, 6) is 2.96. The summed E-state index contributed by atoms with van der Waals surface area (Å²) in [5, 5.41) is 7.18. The fraction of sp³-hybridized carbons (Fsp3) is 0.385. The van der Waals surface area contributed by atoms with Crippen molar-refractivity contribution < 1.29 is 4.74 Å². The van der Waals surface area contributed by atoms with Gasteiger partial charge in [-0.15, -0.1) is 0 Å². The maximum atomic E-state index is 6.17. The molecule has 0 amide bonds. The molecule has 2 aromatic rings. The Labute approximate surface area is 105 Å². The number of benzene rings is 1. The van der Waals surface area contributed by atoms with Crippen LogP contribution in [-0.4, -0.2) is 22.3 Å². The minimum absolute atomic E-state index is 0.316. The van der Waals surface area contributed by atoms with E-state index < -0.39 is 0 Å². The molecular weight excluding hydrogens is 228 g/mol. The van der Waals surface area contributed by atoms with Gasteiger partial charge in [0.1, 0.15) is 11.6 Å². The van der Waals surface area contributed by atoms with Crippen molar-refractivity contribution in [2.24, 2.45) is 5.73 Å². The summed E-state index contributed by atoms with van der Waals surface area (Å²) in [5.41, 5.74) is 7.13. The second-order valence-electron chi connectivity index (χ2n) is 4.61. The number of nitrogens with one attached hydrogen (secondary N) is 1. The third-order valence-electron chi connectivity index (χ3n) is 3.22. The van der Waals surface area contributed by atoms with Crippen LogP contribution in [0.3, 0.4) is 0 Å². The van der Waals surface area contributed by atoms with E-state index in [-0.39, 0.29) is 6.04 Å². The maximum Gasteiger partial charge on any atom is 0.171 e. The molecular formula is C13H16N4O. The first-order chi connectivity index (χ1) is 8.78. The molecule has 1 aliphatic rings. The molecule has 1 aromatic heterocycles. The standard InChI is InChI=1S/C13H16N4O/c1-18-10-4-2-3-9(7-10)11(14)13-15-12(16-17-13)8-5-6-8/h2-4,7-8,11H,5-6,14H2,1H3,(H,15,16,17). The van der Waals surface area contributed by atoms with Crippen LogP contribution >= 0.6 is 0 Å². The highest BCUT2D eigenvalue weighted by molar-refractivity contribution is 5.33. The molecule has 1 fully saturated rings. The van der Waals surface area contributed by atoms with Gasteiger partial charge in [-0.3, -0.25) is 5.10 Å². The third kappa shape index (κ3) is 2.09. The van der Waals surface area contributed by atoms with Crippen molar-refractivity contribution in [3.8, 4) is 5.75 Å². The maximum absolute atomic E-state index is 6.17. The lowest BCUT2D eigenvalue weighted by Gasteiger charge is -2.09. The third-order valence-corrected chi connectivity index (χ3v) is 3.22. The van der Waals surface area contributed by atoms with Crippen LogP contribution in [0.15, 0.2) is 24.3 Å². The molecule has 0 radical (unpaired) electrons.